The summed E-state index contributed by atoms with van der Waals surface area (Å²) in [6.45, 7) is 5.06. The molecule has 84 valence electrons. The molecule has 0 aliphatic rings. The summed E-state index contributed by atoms with van der Waals surface area (Å²) in [6.07, 6.45) is 3.04. The van der Waals surface area contributed by atoms with Crippen LogP contribution in [0.5, 0.6) is 0 Å². The van der Waals surface area contributed by atoms with Crippen molar-refractivity contribution < 1.29 is 4.74 Å². The zero-order valence-corrected chi connectivity index (χ0v) is 10.0. The highest BCUT2D eigenvalue weighted by atomic mass is 16.5. The molecule has 1 aromatic heterocycles. The SMILES string of the molecule is CNCCC(OC)c1cnc(C)cc1C. The average molecular weight is 208 g/mol. The van der Waals surface area contributed by atoms with E-state index in [-0.39, 0.29) is 6.10 Å². The van der Waals surface area contributed by atoms with Crippen LogP contribution in [0.1, 0.15) is 29.3 Å². The van der Waals surface area contributed by atoms with E-state index in [2.05, 4.69) is 23.3 Å². The average Bonchev–Trinajstić information content (AvgIpc) is 2.21. The monoisotopic (exact) mass is 208 g/mol. The molecular weight excluding hydrogens is 188 g/mol. The van der Waals surface area contributed by atoms with Gasteiger partial charge in [-0.2, -0.15) is 0 Å². The first kappa shape index (κ1) is 12.1. The minimum absolute atomic E-state index is 0.144. The van der Waals surface area contributed by atoms with Crippen molar-refractivity contribution in [1.82, 2.24) is 10.3 Å². The lowest BCUT2D eigenvalue weighted by molar-refractivity contribution is 0.0953. The lowest BCUT2D eigenvalue weighted by Gasteiger charge is -2.17. The molecule has 1 atom stereocenters. The Balaban J connectivity index is 2.81. The van der Waals surface area contributed by atoms with Crippen molar-refractivity contribution in [1.29, 1.82) is 0 Å². The van der Waals surface area contributed by atoms with Crippen molar-refractivity contribution in [2.75, 3.05) is 20.7 Å². The molecule has 0 amide bonds. The molecule has 1 unspecified atom stereocenters. The molecule has 3 nitrogen and oxygen atoms in total. The van der Waals surface area contributed by atoms with Crippen LogP contribution < -0.4 is 5.32 Å². The molecule has 0 bridgehead atoms. The maximum absolute atomic E-state index is 5.48. The minimum Gasteiger partial charge on any atom is -0.377 e. The number of nitrogens with zero attached hydrogens (tertiary/aromatic N) is 1. The van der Waals surface area contributed by atoms with E-state index in [9.17, 15) is 0 Å². The highest BCUT2D eigenvalue weighted by molar-refractivity contribution is 5.26. The molecule has 0 aromatic carbocycles. The molecule has 0 fully saturated rings. The van der Waals surface area contributed by atoms with Crippen LogP contribution in [0.2, 0.25) is 0 Å². The van der Waals surface area contributed by atoms with Gasteiger partial charge in [0.25, 0.3) is 0 Å². The molecule has 0 saturated carbocycles. The molecule has 0 radical (unpaired) electrons. The summed E-state index contributed by atoms with van der Waals surface area (Å²) in [7, 11) is 3.70. The van der Waals surface area contributed by atoms with E-state index in [1.807, 2.05) is 20.2 Å². The summed E-state index contributed by atoms with van der Waals surface area (Å²) < 4.78 is 5.48. The van der Waals surface area contributed by atoms with Gasteiger partial charge in [-0.1, -0.05) is 0 Å². The predicted molar refractivity (Wildman–Crippen MR) is 62.0 cm³/mol. The number of aryl methyl sites for hydroxylation is 2. The van der Waals surface area contributed by atoms with Crippen LogP contribution in [0.25, 0.3) is 0 Å². The van der Waals surface area contributed by atoms with Gasteiger partial charge in [0.05, 0.1) is 6.10 Å². The Morgan fingerprint density at radius 2 is 2.20 bits per heavy atom. The van der Waals surface area contributed by atoms with Gasteiger partial charge in [0.2, 0.25) is 0 Å². The van der Waals surface area contributed by atoms with Gasteiger partial charge in [0.15, 0.2) is 0 Å². The highest BCUT2D eigenvalue weighted by Crippen LogP contribution is 2.22. The first-order chi connectivity index (χ1) is 7.19. The number of hydrogen-bond acceptors (Lipinski definition) is 3. The number of methoxy groups -OCH3 is 1. The quantitative estimate of drug-likeness (QED) is 0.803. The largest absolute Gasteiger partial charge is 0.377 e. The zero-order chi connectivity index (χ0) is 11.3. The second-order valence-corrected chi connectivity index (χ2v) is 3.80. The number of ether oxygens (including phenoxy) is 1. The van der Waals surface area contributed by atoms with Crippen molar-refractivity contribution in [3.63, 3.8) is 0 Å². The van der Waals surface area contributed by atoms with Gasteiger partial charge >= 0.3 is 0 Å². The fourth-order valence-corrected chi connectivity index (χ4v) is 1.72. The van der Waals surface area contributed by atoms with Gasteiger partial charge in [-0.05, 0) is 45.5 Å². The number of pyridine rings is 1. The zero-order valence-electron chi connectivity index (χ0n) is 10.0. The Hall–Kier alpha value is -0.930. The summed E-state index contributed by atoms with van der Waals surface area (Å²) in [6, 6.07) is 2.10. The summed E-state index contributed by atoms with van der Waals surface area (Å²) in [5, 5.41) is 3.13. The Morgan fingerprint density at radius 3 is 2.73 bits per heavy atom. The standard InChI is InChI=1S/C12H20N2O/c1-9-7-10(2)14-8-11(9)12(15-4)5-6-13-3/h7-8,12-13H,5-6H2,1-4H3. The van der Waals surface area contributed by atoms with Crippen LogP contribution in [0, 0.1) is 13.8 Å². The van der Waals surface area contributed by atoms with Crippen LogP contribution in [0.15, 0.2) is 12.3 Å². The first-order valence-electron chi connectivity index (χ1n) is 5.29. The number of nitrogens with one attached hydrogen (secondary N) is 1. The third-order valence-corrected chi connectivity index (χ3v) is 2.58. The van der Waals surface area contributed by atoms with Crippen molar-refractivity contribution in [2.24, 2.45) is 0 Å². The third kappa shape index (κ3) is 3.29. The van der Waals surface area contributed by atoms with Crippen LogP contribution >= 0.6 is 0 Å². The molecule has 0 aliphatic carbocycles. The van der Waals surface area contributed by atoms with E-state index in [1.165, 1.54) is 11.1 Å². The van der Waals surface area contributed by atoms with Gasteiger partial charge in [0.1, 0.15) is 0 Å². The summed E-state index contributed by atoms with van der Waals surface area (Å²) >= 11 is 0. The molecule has 0 spiro atoms. The van der Waals surface area contributed by atoms with Gasteiger partial charge in [-0.3, -0.25) is 4.98 Å². The van der Waals surface area contributed by atoms with Gasteiger partial charge in [-0.25, -0.2) is 0 Å². The predicted octanol–water partition coefficient (Wildman–Crippen LogP) is 2.00. The Bertz CT molecular complexity index is 312. The third-order valence-electron chi connectivity index (χ3n) is 2.58. The first-order valence-corrected chi connectivity index (χ1v) is 5.29. The summed E-state index contributed by atoms with van der Waals surface area (Å²) in [5.41, 5.74) is 3.50. The Kier molecular flexibility index (Phi) is 4.72. The van der Waals surface area contributed by atoms with E-state index in [0.29, 0.717) is 0 Å². The maximum atomic E-state index is 5.48. The molecule has 0 saturated heterocycles. The number of rotatable bonds is 5. The van der Waals surface area contributed by atoms with Crippen molar-refractivity contribution in [3.05, 3.63) is 29.1 Å². The molecule has 15 heavy (non-hydrogen) atoms. The van der Waals surface area contributed by atoms with Crippen LogP contribution in [-0.4, -0.2) is 25.7 Å². The van der Waals surface area contributed by atoms with E-state index in [4.69, 9.17) is 4.74 Å². The van der Waals surface area contributed by atoms with Gasteiger partial charge in [-0.15, -0.1) is 0 Å². The van der Waals surface area contributed by atoms with E-state index < -0.39 is 0 Å². The molecular formula is C12H20N2O. The normalized spacial score (nSPS) is 12.8. The molecule has 1 aromatic rings. The topological polar surface area (TPSA) is 34.1 Å². The second kappa shape index (κ2) is 5.83. The second-order valence-electron chi connectivity index (χ2n) is 3.80. The summed E-state index contributed by atoms with van der Waals surface area (Å²) in [4.78, 5) is 4.32. The lowest BCUT2D eigenvalue weighted by atomic mass is 10.0. The molecule has 0 aliphatic heterocycles. The van der Waals surface area contributed by atoms with Crippen molar-refractivity contribution in [3.8, 4) is 0 Å². The van der Waals surface area contributed by atoms with Crippen molar-refractivity contribution >= 4 is 0 Å². The molecule has 3 heteroatoms. The minimum atomic E-state index is 0.144. The molecule has 1 N–H and O–H groups in total. The lowest BCUT2D eigenvalue weighted by Crippen LogP contribution is -2.14. The number of aromatic nitrogens is 1. The van der Waals surface area contributed by atoms with Gasteiger partial charge in [0, 0.05) is 24.6 Å². The van der Waals surface area contributed by atoms with E-state index in [0.717, 1.165) is 18.7 Å². The van der Waals surface area contributed by atoms with Crippen LogP contribution in [-0.2, 0) is 4.74 Å². The smallest absolute Gasteiger partial charge is 0.0850 e. The fraction of sp³-hybridized carbons (Fsp3) is 0.583. The van der Waals surface area contributed by atoms with E-state index in [1.54, 1.807) is 7.11 Å². The molecule has 1 heterocycles. The fourth-order valence-electron chi connectivity index (χ4n) is 1.72. The van der Waals surface area contributed by atoms with Crippen LogP contribution in [0.3, 0.4) is 0 Å². The van der Waals surface area contributed by atoms with Gasteiger partial charge < -0.3 is 10.1 Å². The summed E-state index contributed by atoms with van der Waals surface area (Å²) in [5.74, 6) is 0. The Morgan fingerprint density at radius 1 is 1.47 bits per heavy atom. The van der Waals surface area contributed by atoms with E-state index >= 15 is 0 Å². The maximum Gasteiger partial charge on any atom is 0.0850 e. The molecule has 1 rings (SSSR count). The van der Waals surface area contributed by atoms with Crippen LogP contribution in [0.4, 0.5) is 0 Å². The number of hydrogen-bond donors (Lipinski definition) is 1. The highest BCUT2D eigenvalue weighted by Gasteiger charge is 2.12. The van der Waals surface area contributed by atoms with Crippen molar-refractivity contribution in [2.45, 2.75) is 26.4 Å². The Labute approximate surface area is 91.9 Å².